The van der Waals surface area contributed by atoms with E-state index in [9.17, 15) is 9.90 Å². The third kappa shape index (κ3) is 7.16. The van der Waals surface area contributed by atoms with Crippen LogP contribution in [0.2, 0.25) is 0 Å². The topological polar surface area (TPSA) is 89.9 Å². The lowest BCUT2D eigenvalue weighted by atomic mass is 10.0. The molecule has 1 aromatic heterocycles. The molecule has 8 heteroatoms. The maximum absolute atomic E-state index is 12.0. The van der Waals surface area contributed by atoms with Crippen LogP contribution in [0, 0.1) is 0 Å². The standard InChI is InChI=1S/C27H28N2O5S/c1-2-14-32-27(31)29-22-7-5-6-21(15-22)26-33-23(18-35-25-8-3-4-13-28-25)16-24(34-26)20-11-9-19(17-30)10-12-20/h2-13,15,23-24,26,30H,1,14,16-18H2,(H,29,31)/t23-,24+,26+/m1/s1. The summed E-state index contributed by atoms with van der Waals surface area (Å²) in [6.45, 7) is 3.67. The van der Waals surface area contributed by atoms with Crippen molar-refractivity contribution in [3.63, 3.8) is 0 Å². The Morgan fingerprint density at radius 2 is 2.00 bits per heavy atom. The first-order valence-corrected chi connectivity index (χ1v) is 12.3. The van der Waals surface area contributed by atoms with Crippen LogP contribution in [-0.2, 0) is 20.8 Å². The molecule has 2 heterocycles. The Labute approximate surface area is 209 Å². The minimum atomic E-state index is -0.619. The number of benzene rings is 2. The molecular weight excluding hydrogens is 464 g/mol. The summed E-state index contributed by atoms with van der Waals surface area (Å²) in [6.07, 6.45) is 2.52. The van der Waals surface area contributed by atoms with Crippen molar-refractivity contribution in [2.75, 3.05) is 17.7 Å². The number of aliphatic hydroxyl groups excluding tert-OH is 1. The Balaban J connectivity index is 1.51. The summed E-state index contributed by atoms with van der Waals surface area (Å²) in [5.41, 5.74) is 3.24. The van der Waals surface area contributed by atoms with Crippen molar-refractivity contribution in [3.05, 3.63) is 102 Å². The number of rotatable bonds is 9. The van der Waals surface area contributed by atoms with Gasteiger partial charge in [0.05, 0.1) is 23.8 Å². The van der Waals surface area contributed by atoms with Gasteiger partial charge in [-0.25, -0.2) is 9.78 Å². The molecule has 0 radical (unpaired) electrons. The lowest BCUT2D eigenvalue weighted by Gasteiger charge is -2.36. The second kappa shape index (κ2) is 12.5. The van der Waals surface area contributed by atoms with E-state index in [4.69, 9.17) is 14.2 Å². The molecule has 1 fully saturated rings. The number of amides is 1. The summed E-state index contributed by atoms with van der Waals surface area (Å²) in [7, 11) is 0. The second-order valence-electron chi connectivity index (χ2n) is 7.97. The van der Waals surface area contributed by atoms with E-state index in [1.54, 1.807) is 24.0 Å². The first-order chi connectivity index (χ1) is 17.1. The average Bonchev–Trinajstić information content (AvgIpc) is 2.91. The van der Waals surface area contributed by atoms with Gasteiger partial charge in [-0.15, -0.1) is 11.8 Å². The average molecular weight is 493 g/mol. The molecule has 0 bridgehead atoms. The molecule has 1 aliphatic rings. The molecule has 1 aliphatic heterocycles. The molecule has 4 rings (SSSR count). The van der Waals surface area contributed by atoms with Gasteiger partial charge < -0.3 is 19.3 Å². The third-order valence-corrected chi connectivity index (χ3v) is 6.48. The number of hydrogen-bond donors (Lipinski definition) is 2. The molecule has 35 heavy (non-hydrogen) atoms. The zero-order valence-corrected chi connectivity index (χ0v) is 20.0. The Morgan fingerprint density at radius 3 is 2.74 bits per heavy atom. The van der Waals surface area contributed by atoms with Crippen LogP contribution in [0.4, 0.5) is 10.5 Å². The van der Waals surface area contributed by atoms with Gasteiger partial charge in [0, 0.05) is 29.6 Å². The van der Waals surface area contributed by atoms with E-state index in [2.05, 4.69) is 16.9 Å². The van der Waals surface area contributed by atoms with Gasteiger partial charge >= 0.3 is 6.09 Å². The number of thioether (sulfide) groups is 1. The summed E-state index contributed by atoms with van der Waals surface area (Å²) in [5, 5.41) is 13.0. The van der Waals surface area contributed by atoms with Crippen LogP contribution in [0.25, 0.3) is 0 Å². The number of aliphatic hydroxyl groups is 1. The Morgan fingerprint density at radius 1 is 1.14 bits per heavy atom. The number of nitrogens with one attached hydrogen (secondary N) is 1. The van der Waals surface area contributed by atoms with Crippen molar-refractivity contribution in [3.8, 4) is 0 Å². The fourth-order valence-corrected chi connectivity index (χ4v) is 4.57. The first kappa shape index (κ1) is 24.9. The van der Waals surface area contributed by atoms with Crippen molar-refractivity contribution in [2.24, 2.45) is 0 Å². The SMILES string of the molecule is C=CCOC(=O)Nc1cccc([C@H]2O[C@@H](CSc3ccccn3)C[C@@H](c3ccc(CO)cc3)O2)c1. The van der Waals surface area contributed by atoms with Crippen molar-refractivity contribution in [2.45, 2.75) is 36.6 Å². The van der Waals surface area contributed by atoms with Crippen LogP contribution in [0.15, 0.2) is 90.6 Å². The smallest absolute Gasteiger partial charge is 0.411 e. The summed E-state index contributed by atoms with van der Waals surface area (Å²) < 4.78 is 17.7. The van der Waals surface area contributed by atoms with Crippen molar-refractivity contribution in [1.82, 2.24) is 4.98 Å². The van der Waals surface area contributed by atoms with Crippen LogP contribution in [-0.4, -0.2) is 34.6 Å². The number of carbonyl (C=O) groups excluding carboxylic acids is 1. The number of hydrogen-bond acceptors (Lipinski definition) is 7. The highest BCUT2D eigenvalue weighted by atomic mass is 32.2. The maximum Gasteiger partial charge on any atom is 0.411 e. The molecule has 2 N–H and O–H groups in total. The molecular formula is C27H28N2O5S. The van der Waals surface area contributed by atoms with Crippen LogP contribution in [0.3, 0.4) is 0 Å². The van der Waals surface area contributed by atoms with Crippen molar-refractivity contribution >= 4 is 23.5 Å². The highest BCUT2D eigenvalue weighted by molar-refractivity contribution is 7.99. The predicted molar refractivity (Wildman–Crippen MR) is 135 cm³/mol. The lowest BCUT2D eigenvalue weighted by Crippen LogP contribution is -2.31. The quantitative estimate of drug-likeness (QED) is 0.295. The minimum absolute atomic E-state index is 0.00406. The van der Waals surface area contributed by atoms with E-state index in [0.29, 0.717) is 17.9 Å². The molecule has 1 saturated heterocycles. The zero-order valence-electron chi connectivity index (χ0n) is 19.2. The van der Waals surface area contributed by atoms with Crippen LogP contribution >= 0.6 is 11.8 Å². The molecule has 0 saturated carbocycles. The predicted octanol–water partition coefficient (Wildman–Crippen LogP) is 5.65. The van der Waals surface area contributed by atoms with Gasteiger partial charge in [0.15, 0.2) is 6.29 Å². The first-order valence-electron chi connectivity index (χ1n) is 11.3. The molecule has 3 aromatic rings. The van der Waals surface area contributed by atoms with Gasteiger partial charge in [-0.1, -0.05) is 55.1 Å². The van der Waals surface area contributed by atoms with Gasteiger partial charge in [0.1, 0.15) is 6.61 Å². The van der Waals surface area contributed by atoms with Crippen LogP contribution in [0.1, 0.15) is 35.5 Å². The number of aromatic nitrogens is 1. The molecule has 3 atom stereocenters. The lowest BCUT2D eigenvalue weighted by molar-refractivity contribution is -0.245. The summed E-state index contributed by atoms with van der Waals surface area (Å²) >= 11 is 1.64. The van der Waals surface area contributed by atoms with Crippen molar-refractivity contribution in [1.29, 1.82) is 0 Å². The van der Waals surface area contributed by atoms with Gasteiger partial charge in [0.2, 0.25) is 0 Å². The van der Waals surface area contributed by atoms with Crippen LogP contribution < -0.4 is 5.32 Å². The molecule has 0 spiro atoms. The normalized spacial score (nSPS) is 19.6. The van der Waals surface area contributed by atoms with E-state index in [1.807, 2.05) is 60.7 Å². The van der Waals surface area contributed by atoms with E-state index in [-0.39, 0.29) is 25.4 Å². The number of anilines is 1. The second-order valence-corrected chi connectivity index (χ2v) is 9.01. The van der Waals surface area contributed by atoms with E-state index in [1.165, 1.54) is 6.08 Å². The number of pyridine rings is 1. The number of nitrogens with zero attached hydrogens (tertiary/aromatic N) is 1. The van der Waals surface area contributed by atoms with Gasteiger partial charge in [-0.3, -0.25) is 5.32 Å². The number of ether oxygens (including phenoxy) is 3. The van der Waals surface area contributed by atoms with Gasteiger partial charge in [-0.2, -0.15) is 0 Å². The zero-order chi connectivity index (χ0) is 24.5. The molecule has 182 valence electrons. The monoisotopic (exact) mass is 492 g/mol. The Bertz CT molecular complexity index is 1110. The molecule has 0 unspecified atom stereocenters. The summed E-state index contributed by atoms with van der Waals surface area (Å²) in [6, 6.07) is 20.9. The fraction of sp³-hybridized carbons (Fsp3) is 0.259. The maximum atomic E-state index is 12.0. The Hall–Kier alpha value is -3.17. The van der Waals surface area contributed by atoms with E-state index < -0.39 is 12.4 Å². The summed E-state index contributed by atoms with van der Waals surface area (Å²) in [5.74, 6) is 0.716. The largest absolute Gasteiger partial charge is 0.445 e. The molecule has 2 aromatic carbocycles. The van der Waals surface area contributed by atoms with E-state index >= 15 is 0 Å². The minimum Gasteiger partial charge on any atom is -0.445 e. The van der Waals surface area contributed by atoms with Crippen molar-refractivity contribution < 1.29 is 24.1 Å². The van der Waals surface area contributed by atoms with Gasteiger partial charge in [-0.05, 0) is 35.4 Å². The molecule has 1 amide bonds. The van der Waals surface area contributed by atoms with Crippen LogP contribution in [0.5, 0.6) is 0 Å². The molecule has 7 nitrogen and oxygen atoms in total. The number of carbonyl (C=O) groups is 1. The fourth-order valence-electron chi connectivity index (χ4n) is 3.69. The third-order valence-electron chi connectivity index (χ3n) is 5.41. The van der Waals surface area contributed by atoms with E-state index in [0.717, 1.165) is 21.7 Å². The summed E-state index contributed by atoms with van der Waals surface area (Å²) in [4.78, 5) is 16.3. The van der Waals surface area contributed by atoms with Gasteiger partial charge in [0.25, 0.3) is 0 Å². The highest BCUT2D eigenvalue weighted by Crippen LogP contribution is 2.39. The Kier molecular flexibility index (Phi) is 8.91. The highest BCUT2D eigenvalue weighted by Gasteiger charge is 2.32. The molecule has 0 aliphatic carbocycles.